The number of carbonyl (C=O) groups excluding carboxylic acids is 1. The Balaban J connectivity index is 2.89. The van der Waals surface area contributed by atoms with Crippen LogP contribution >= 0.6 is 0 Å². The molecule has 0 atom stereocenters. The highest BCUT2D eigenvalue weighted by Crippen LogP contribution is 2.14. The van der Waals surface area contributed by atoms with Crippen LogP contribution in [0, 0.1) is 0 Å². The van der Waals surface area contributed by atoms with Gasteiger partial charge in [0.25, 0.3) is 0 Å². The number of nitrogens with two attached hydrogens (primary N) is 1. The fourth-order valence-electron chi connectivity index (χ4n) is 1.40. The van der Waals surface area contributed by atoms with E-state index in [0.717, 1.165) is 11.3 Å². The minimum Gasteiger partial charge on any atom is -0.326 e. The third-order valence-corrected chi connectivity index (χ3v) is 2.18. The fraction of sp³-hybridized carbons (Fsp3) is 0.364. The standard InChI is InChI=1S/C11H16N2O/c1-3-13(9(2)14)11-6-4-10(8-12)5-7-11/h4-7H,3,8,12H2,1-2H3. The van der Waals surface area contributed by atoms with E-state index in [-0.39, 0.29) is 5.91 Å². The minimum absolute atomic E-state index is 0.0630. The van der Waals surface area contributed by atoms with Crippen LogP contribution < -0.4 is 10.6 Å². The molecule has 1 aromatic carbocycles. The summed E-state index contributed by atoms with van der Waals surface area (Å²) in [5.74, 6) is 0.0630. The van der Waals surface area contributed by atoms with Gasteiger partial charge in [-0.1, -0.05) is 12.1 Å². The average Bonchev–Trinajstić information content (AvgIpc) is 2.19. The van der Waals surface area contributed by atoms with Crippen LogP contribution in [0.15, 0.2) is 24.3 Å². The first-order valence-corrected chi connectivity index (χ1v) is 4.76. The summed E-state index contributed by atoms with van der Waals surface area (Å²) in [4.78, 5) is 13.0. The fourth-order valence-corrected chi connectivity index (χ4v) is 1.40. The highest BCUT2D eigenvalue weighted by molar-refractivity contribution is 5.91. The number of rotatable bonds is 3. The van der Waals surface area contributed by atoms with Gasteiger partial charge in [-0.2, -0.15) is 0 Å². The first kappa shape index (κ1) is 10.7. The minimum atomic E-state index is 0.0630. The van der Waals surface area contributed by atoms with Crippen LogP contribution in [0.2, 0.25) is 0 Å². The van der Waals surface area contributed by atoms with Crippen LogP contribution in [0.4, 0.5) is 5.69 Å². The van der Waals surface area contributed by atoms with E-state index in [9.17, 15) is 4.79 Å². The molecule has 0 bridgehead atoms. The van der Waals surface area contributed by atoms with Gasteiger partial charge in [0.05, 0.1) is 0 Å². The van der Waals surface area contributed by atoms with Crippen LogP contribution in [0.3, 0.4) is 0 Å². The topological polar surface area (TPSA) is 46.3 Å². The Morgan fingerprint density at radius 3 is 2.29 bits per heavy atom. The summed E-state index contributed by atoms with van der Waals surface area (Å²) in [7, 11) is 0. The molecule has 0 aliphatic rings. The van der Waals surface area contributed by atoms with Gasteiger partial charge in [0, 0.05) is 25.7 Å². The second-order valence-electron chi connectivity index (χ2n) is 3.13. The second kappa shape index (κ2) is 4.77. The molecule has 0 fully saturated rings. The predicted molar refractivity (Wildman–Crippen MR) is 58.0 cm³/mol. The summed E-state index contributed by atoms with van der Waals surface area (Å²) in [6.45, 7) is 4.75. The van der Waals surface area contributed by atoms with E-state index >= 15 is 0 Å². The number of amides is 1. The van der Waals surface area contributed by atoms with Crippen molar-refractivity contribution in [2.45, 2.75) is 20.4 Å². The monoisotopic (exact) mass is 192 g/mol. The summed E-state index contributed by atoms with van der Waals surface area (Å²) in [5, 5.41) is 0. The molecule has 1 amide bonds. The van der Waals surface area contributed by atoms with Gasteiger partial charge in [-0.15, -0.1) is 0 Å². The van der Waals surface area contributed by atoms with Crippen molar-refractivity contribution in [1.29, 1.82) is 0 Å². The van der Waals surface area contributed by atoms with Gasteiger partial charge in [-0.25, -0.2) is 0 Å². The Morgan fingerprint density at radius 1 is 1.36 bits per heavy atom. The molecular formula is C11H16N2O. The van der Waals surface area contributed by atoms with Gasteiger partial charge in [0.1, 0.15) is 0 Å². The Kier molecular flexibility index (Phi) is 3.65. The van der Waals surface area contributed by atoms with Gasteiger partial charge >= 0.3 is 0 Å². The maximum atomic E-state index is 11.2. The zero-order valence-corrected chi connectivity index (χ0v) is 8.66. The van der Waals surface area contributed by atoms with Crippen molar-refractivity contribution in [3.05, 3.63) is 29.8 Å². The summed E-state index contributed by atoms with van der Waals surface area (Å²) in [6.07, 6.45) is 0. The van der Waals surface area contributed by atoms with Crippen LogP contribution in [-0.2, 0) is 11.3 Å². The smallest absolute Gasteiger partial charge is 0.223 e. The lowest BCUT2D eigenvalue weighted by molar-refractivity contribution is -0.116. The van der Waals surface area contributed by atoms with Crippen molar-refractivity contribution >= 4 is 11.6 Å². The molecule has 0 saturated heterocycles. The zero-order chi connectivity index (χ0) is 10.6. The number of anilines is 1. The van der Waals surface area contributed by atoms with E-state index in [0.29, 0.717) is 13.1 Å². The second-order valence-corrected chi connectivity index (χ2v) is 3.13. The van der Waals surface area contributed by atoms with Gasteiger partial charge in [-0.3, -0.25) is 4.79 Å². The van der Waals surface area contributed by atoms with E-state index < -0.39 is 0 Å². The molecule has 2 N–H and O–H groups in total. The number of benzene rings is 1. The quantitative estimate of drug-likeness (QED) is 0.789. The molecule has 0 radical (unpaired) electrons. The number of carbonyl (C=O) groups is 1. The van der Waals surface area contributed by atoms with Crippen LogP contribution in [-0.4, -0.2) is 12.5 Å². The van der Waals surface area contributed by atoms with Crippen LogP contribution in [0.1, 0.15) is 19.4 Å². The molecule has 1 rings (SSSR count). The predicted octanol–water partition coefficient (Wildman–Crippen LogP) is 1.52. The molecule has 0 aliphatic heterocycles. The third-order valence-electron chi connectivity index (χ3n) is 2.18. The molecule has 0 spiro atoms. The molecule has 3 nitrogen and oxygen atoms in total. The largest absolute Gasteiger partial charge is 0.326 e. The number of hydrogen-bond donors (Lipinski definition) is 1. The average molecular weight is 192 g/mol. The molecule has 1 aromatic rings. The maximum Gasteiger partial charge on any atom is 0.223 e. The molecule has 14 heavy (non-hydrogen) atoms. The van der Waals surface area contributed by atoms with Crippen LogP contribution in [0.25, 0.3) is 0 Å². The van der Waals surface area contributed by atoms with Crippen molar-refractivity contribution in [3.8, 4) is 0 Å². The van der Waals surface area contributed by atoms with E-state index in [1.54, 1.807) is 11.8 Å². The summed E-state index contributed by atoms with van der Waals surface area (Å²) < 4.78 is 0. The summed E-state index contributed by atoms with van der Waals surface area (Å²) in [5.41, 5.74) is 7.49. The molecule has 0 unspecified atom stereocenters. The van der Waals surface area contributed by atoms with Crippen molar-refractivity contribution in [2.75, 3.05) is 11.4 Å². The Morgan fingerprint density at radius 2 is 1.93 bits per heavy atom. The Bertz CT molecular complexity index is 306. The lowest BCUT2D eigenvalue weighted by Gasteiger charge is -2.19. The van der Waals surface area contributed by atoms with Crippen molar-refractivity contribution in [2.24, 2.45) is 5.73 Å². The molecule has 76 valence electrons. The highest BCUT2D eigenvalue weighted by Gasteiger charge is 2.07. The Labute approximate surface area is 84.5 Å². The van der Waals surface area contributed by atoms with Crippen molar-refractivity contribution in [3.63, 3.8) is 0 Å². The first-order valence-electron chi connectivity index (χ1n) is 4.76. The first-order chi connectivity index (χ1) is 6.69. The van der Waals surface area contributed by atoms with E-state index in [2.05, 4.69) is 0 Å². The number of hydrogen-bond acceptors (Lipinski definition) is 2. The SMILES string of the molecule is CCN(C(C)=O)c1ccc(CN)cc1. The molecule has 3 heteroatoms. The zero-order valence-electron chi connectivity index (χ0n) is 8.66. The third kappa shape index (κ3) is 2.33. The van der Waals surface area contributed by atoms with Gasteiger partial charge in [-0.05, 0) is 24.6 Å². The Hall–Kier alpha value is -1.35. The molecule has 0 aliphatic carbocycles. The molecule has 0 heterocycles. The van der Waals surface area contributed by atoms with Gasteiger partial charge < -0.3 is 10.6 Å². The van der Waals surface area contributed by atoms with Crippen LogP contribution in [0.5, 0.6) is 0 Å². The summed E-state index contributed by atoms with van der Waals surface area (Å²) >= 11 is 0. The van der Waals surface area contributed by atoms with Crippen molar-refractivity contribution in [1.82, 2.24) is 0 Å². The van der Waals surface area contributed by atoms with Gasteiger partial charge in [0.2, 0.25) is 5.91 Å². The van der Waals surface area contributed by atoms with Crippen molar-refractivity contribution < 1.29 is 4.79 Å². The van der Waals surface area contributed by atoms with E-state index in [1.165, 1.54) is 0 Å². The molecule has 0 saturated carbocycles. The van der Waals surface area contributed by atoms with Gasteiger partial charge in [0.15, 0.2) is 0 Å². The normalized spacial score (nSPS) is 9.93. The lowest BCUT2D eigenvalue weighted by atomic mass is 10.2. The van der Waals surface area contributed by atoms with E-state index in [4.69, 9.17) is 5.73 Å². The highest BCUT2D eigenvalue weighted by atomic mass is 16.2. The molecule has 0 aromatic heterocycles. The summed E-state index contributed by atoms with van der Waals surface area (Å²) in [6, 6.07) is 7.74. The lowest BCUT2D eigenvalue weighted by Crippen LogP contribution is -2.27. The number of nitrogens with zero attached hydrogens (tertiary/aromatic N) is 1. The molecular weight excluding hydrogens is 176 g/mol. The van der Waals surface area contributed by atoms with E-state index in [1.807, 2.05) is 31.2 Å². The maximum absolute atomic E-state index is 11.2.